The SMILES string of the molecule is CCC(C)Oc1cccc(Nc2cc(C#N)cc(Cl)n2)c1. The van der Waals surface area contributed by atoms with Gasteiger partial charge in [0, 0.05) is 11.8 Å². The van der Waals surface area contributed by atoms with Crippen LogP contribution >= 0.6 is 11.6 Å². The Balaban J connectivity index is 2.18. The highest BCUT2D eigenvalue weighted by Crippen LogP contribution is 2.23. The largest absolute Gasteiger partial charge is 0.491 e. The zero-order valence-electron chi connectivity index (χ0n) is 11.9. The van der Waals surface area contributed by atoms with Gasteiger partial charge in [0.1, 0.15) is 16.7 Å². The van der Waals surface area contributed by atoms with E-state index in [1.54, 1.807) is 6.07 Å². The van der Waals surface area contributed by atoms with E-state index in [0.717, 1.165) is 17.9 Å². The number of aromatic nitrogens is 1. The van der Waals surface area contributed by atoms with Gasteiger partial charge in [0.15, 0.2) is 0 Å². The average Bonchev–Trinajstić information content (AvgIpc) is 2.46. The van der Waals surface area contributed by atoms with Gasteiger partial charge in [-0.05, 0) is 37.6 Å². The van der Waals surface area contributed by atoms with E-state index in [1.807, 2.05) is 37.3 Å². The fourth-order valence-corrected chi connectivity index (χ4v) is 1.94. The van der Waals surface area contributed by atoms with Crippen molar-refractivity contribution in [2.75, 3.05) is 5.32 Å². The van der Waals surface area contributed by atoms with Crippen LogP contribution in [-0.4, -0.2) is 11.1 Å². The standard InChI is InChI=1S/C16H16ClN3O/c1-3-11(2)21-14-6-4-5-13(9-14)19-16-8-12(10-18)7-15(17)20-16/h4-9,11H,3H2,1-2H3,(H,19,20). The molecule has 0 aliphatic rings. The zero-order valence-corrected chi connectivity index (χ0v) is 12.7. The first-order valence-electron chi connectivity index (χ1n) is 6.72. The maximum Gasteiger partial charge on any atom is 0.133 e. The van der Waals surface area contributed by atoms with Crippen LogP contribution in [0.15, 0.2) is 36.4 Å². The Bertz CT molecular complexity index is 667. The van der Waals surface area contributed by atoms with Crippen molar-refractivity contribution in [1.29, 1.82) is 5.26 Å². The molecule has 5 heteroatoms. The first kappa shape index (κ1) is 15.1. The molecule has 0 saturated heterocycles. The summed E-state index contributed by atoms with van der Waals surface area (Å²) >= 11 is 5.89. The van der Waals surface area contributed by atoms with Gasteiger partial charge in [0.25, 0.3) is 0 Å². The summed E-state index contributed by atoms with van der Waals surface area (Å²) < 4.78 is 5.77. The molecule has 0 bridgehead atoms. The van der Waals surface area contributed by atoms with Crippen molar-refractivity contribution in [1.82, 2.24) is 4.98 Å². The lowest BCUT2D eigenvalue weighted by atomic mass is 10.2. The summed E-state index contributed by atoms with van der Waals surface area (Å²) in [5.74, 6) is 1.32. The Morgan fingerprint density at radius 1 is 1.38 bits per heavy atom. The van der Waals surface area contributed by atoms with Crippen LogP contribution in [0.3, 0.4) is 0 Å². The molecule has 4 nitrogen and oxygen atoms in total. The van der Waals surface area contributed by atoms with Gasteiger partial charge < -0.3 is 10.1 Å². The fourth-order valence-electron chi connectivity index (χ4n) is 1.74. The minimum absolute atomic E-state index is 0.162. The zero-order chi connectivity index (χ0) is 15.2. The maximum absolute atomic E-state index is 8.94. The lowest BCUT2D eigenvalue weighted by molar-refractivity contribution is 0.217. The average molecular weight is 302 g/mol. The van der Waals surface area contributed by atoms with E-state index in [1.165, 1.54) is 6.07 Å². The van der Waals surface area contributed by atoms with Crippen LogP contribution in [0.25, 0.3) is 0 Å². The molecular formula is C16H16ClN3O. The molecule has 0 spiro atoms. The Morgan fingerprint density at radius 2 is 2.19 bits per heavy atom. The van der Waals surface area contributed by atoms with E-state index in [2.05, 4.69) is 17.2 Å². The number of hydrogen-bond acceptors (Lipinski definition) is 4. The molecule has 108 valence electrons. The minimum Gasteiger partial charge on any atom is -0.491 e. The summed E-state index contributed by atoms with van der Waals surface area (Å²) in [5.41, 5.74) is 1.29. The van der Waals surface area contributed by atoms with Crippen molar-refractivity contribution in [3.05, 3.63) is 47.1 Å². The Morgan fingerprint density at radius 3 is 2.90 bits per heavy atom. The molecule has 2 aromatic rings. The number of hydrogen-bond donors (Lipinski definition) is 1. The van der Waals surface area contributed by atoms with E-state index in [9.17, 15) is 0 Å². The third kappa shape index (κ3) is 4.37. The lowest BCUT2D eigenvalue weighted by Gasteiger charge is -2.14. The molecule has 0 aliphatic carbocycles. The summed E-state index contributed by atoms with van der Waals surface area (Å²) in [6.45, 7) is 4.10. The second kappa shape index (κ2) is 6.96. The summed E-state index contributed by atoms with van der Waals surface area (Å²) in [4.78, 5) is 4.15. The molecule has 1 atom stereocenters. The van der Waals surface area contributed by atoms with Crippen LogP contribution in [0.4, 0.5) is 11.5 Å². The molecule has 1 unspecified atom stereocenters. The van der Waals surface area contributed by atoms with Crippen LogP contribution in [0.1, 0.15) is 25.8 Å². The van der Waals surface area contributed by atoms with Gasteiger partial charge in [-0.25, -0.2) is 4.98 Å². The van der Waals surface area contributed by atoms with E-state index in [0.29, 0.717) is 11.4 Å². The molecule has 0 radical (unpaired) electrons. The number of nitriles is 1. The molecule has 0 amide bonds. The van der Waals surface area contributed by atoms with Crippen molar-refractivity contribution in [2.45, 2.75) is 26.4 Å². The van der Waals surface area contributed by atoms with Gasteiger partial charge in [-0.1, -0.05) is 24.6 Å². The van der Waals surface area contributed by atoms with Gasteiger partial charge in [-0.15, -0.1) is 0 Å². The number of ether oxygens (including phenoxy) is 1. The molecular weight excluding hydrogens is 286 g/mol. The monoisotopic (exact) mass is 301 g/mol. The van der Waals surface area contributed by atoms with Crippen molar-refractivity contribution < 1.29 is 4.74 Å². The number of rotatable bonds is 5. The minimum atomic E-state index is 0.162. The summed E-state index contributed by atoms with van der Waals surface area (Å²) in [5, 5.41) is 12.3. The second-order valence-electron chi connectivity index (χ2n) is 4.67. The second-order valence-corrected chi connectivity index (χ2v) is 5.05. The van der Waals surface area contributed by atoms with Crippen molar-refractivity contribution >= 4 is 23.1 Å². The lowest BCUT2D eigenvalue weighted by Crippen LogP contribution is -2.09. The quantitative estimate of drug-likeness (QED) is 0.824. The van der Waals surface area contributed by atoms with Crippen LogP contribution in [-0.2, 0) is 0 Å². The van der Waals surface area contributed by atoms with Crippen LogP contribution in [0, 0.1) is 11.3 Å². The normalized spacial score (nSPS) is 11.5. The number of benzene rings is 1. The third-order valence-corrected chi connectivity index (χ3v) is 3.14. The molecule has 1 aromatic heterocycles. The van der Waals surface area contributed by atoms with Crippen LogP contribution in [0.2, 0.25) is 5.15 Å². The van der Waals surface area contributed by atoms with E-state index in [-0.39, 0.29) is 11.3 Å². The van der Waals surface area contributed by atoms with Crippen molar-refractivity contribution in [2.24, 2.45) is 0 Å². The molecule has 1 N–H and O–H groups in total. The maximum atomic E-state index is 8.94. The van der Waals surface area contributed by atoms with E-state index >= 15 is 0 Å². The van der Waals surface area contributed by atoms with E-state index < -0.39 is 0 Å². The Hall–Kier alpha value is -2.25. The first-order chi connectivity index (χ1) is 10.1. The number of nitrogens with zero attached hydrogens (tertiary/aromatic N) is 2. The molecule has 2 rings (SSSR count). The number of halogens is 1. The summed E-state index contributed by atoms with van der Waals surface area (Å²) in [7, 11) is 0. The topological polar surface area (TPSA) is 57.9 Å². The molecule has 0 fully saturated rings. The predicted octanol–water partition coefficient (Wildman–Crippen LogP) is 4.53. The third-order valence-electron chi connectivity index (χ3n) is 2.94. The summed E-state index contributed by atoms with van der Waals surface area (Å²) in [6.07, 6.45) is 1.11. The van der Waals surface area contributed by atoms with Gasteiger partial charge in [-0.3, -0.25) is 0 Å². The molecule has 0 aliphatic heterocycles. The van der Waals surface area contributed by atoms with Crippen LogP contribution in [0.5, 0.6) is 5.75 Å². The highest BCUT2D eigenvalue weighted by molar-refractivity contribution is 6.29. The number of nitrogens with one attached hydrogen (secondary N) is 1. The predicted molar refractivity (Wildman–Crippen MR) is 84.1 cm³/mol. The van der Waals surface area contributed by atoms with Crippen LogP contribution < -0.4 is 10.1 Å². The number of pyridine rings is 1. The van der Waals surface area contributed by atoms with Crippen molar-refractivity contribution in [3.8, 4) is 11.8 Å². The molecule has 1 aromatic carbocycles. The Labute approximate surface area is 129 Å². The fraction of sp³-hybridized carbons (Fsp3) is 0.250. The smallest absolute Gasteiger partial charge is 0.133 e. The van der Waals surface area contributed by atoms with Gasteiger partial charge >= 0.3 is 0 Å². The van der Waals surface area contributed by atoms with Gasteiger partial charge in [0.2, 0.25) is 0 Å². The first-order valence-corrected chi connectivity index (χ1v) is 7.10. The molecule has 21 heavy (non-hydrogen) atoms. The highest BCUT2D eigenvalue weighted by atomic mass is 35.5. The molecule has 1 heterocycles. The highest BCUT2D eigenvalue weighted by Gasteiger charge is 2.04. The molecule has 0 saturated carbocycles. The van der Waals surface area contributed by atoms with Gasteiger partial charge in [-0.2, -0.15) is 5.26 Å². The summed E-state index contributed by atoms with van der Waals surface area (Å²) in [6, 6.07) is 12.8. The van der Waals surface area contributed by atoms with E-state index in [4.69, 9.17) is 21.6 Å². The Kier molecular flexibility index (Phi) is 5.02. The van der Waals surface area contributed by atoms with Gasteiger partial charge in [0.05, 0.1) is 17.7 Å². The number of anilines is 2. The van der Waals surface area contributed by atoms with Crippen molar-refractivity contribution in [3.63, 3.8) is 0 Å².